The minimum atomic E-state index is -0.524. The Morgan fingerprint density at radius 2 is 1.67 bits per heavy atom. The van der Waals surface area contributed by atoms with E-state index in [0.29, 0.717) is 40.0 Å². The van der Waals surface area contributed by atoms with Gasteiger partial charge in [0.2, 0.25) is 5.91 Å². The number of amides is 3. The first-order valence-electron chi connectivity index (χ1n) is 14.0. The van der Waals surface area contributed by atoms with Gasteiger partial charge >= 0.3 is 5.97 Å². The van der Waals surface area contributed by atoms with Crippen LogP contribution in [0.25, 0.3) is 6.08 Å². The molecule has 0 saturated heterocycles. The summed E-state index contributed by atoms with van der Waals surface area (Å²) < 4.78 is 10.3. The number of nitrogens with one attached hydrogen (secondary N) is 3. The fourth-order valence-corrected chi connectivity index (χ4v) is 5.55. The zero-order chi connectivity index (χ0) is 32.2. The Labute approximate surface area is 269 Å². The first-order valence-corrected chi connectivity index (χ1v) is 15.7. The lowest BCUT2D eigenvalue weighted by atomic mass is 10.1. The molecule has 12 heteroatoms. The van der Waals surface area contributed by atoms with Crippen LogP contribution in [0.4, 0.5) is 10.8 Å². The predicted octanol–water partition coefficient (Wildman–Crippen LogP) is 5.79. The number of carbonyl (C=O) groups excluding carboxylic acids is 4. The highest BCUT2D eigenvalue weighted by Crippen LogP contribution is 2.27. The van der Waals surface area contributed by atoms with Gasteiger partial charge in [-0.05, 0) is 62.4 Å². The molecule has 0 fully saturated rings. The molecule has 3 N–H and O–H groups in total. The molecule has 45 heavy (non-hydrogen) atoms. The average molecular weight is 645 g/mol. The van der Waals surface area contributed by atoms with Gasteiger partial charge in [-0.25, -0.2) is 4.98 Å². The Hall–Kier alpha value is -4.94. The van der Waals surface area contributed by atoms with E-state index in [9.17, 15) is 19.2 Å². The lowest BCUT2D eigenvalue weighted by molar-refractivity contribution is -0.142. The molecular formula is C33H32N4O6S2. The van der Waals surface area contributed by atoms with Crippen LogP contribution in [-0.2, 0) is 25.5 Å². The largest absolute Gasteiger partial charge is 0.496 e. The summed E-state index contributed by atoms with van der Waals surface area (Å²) in [6.45, 7) is 3.80. The summed E-state index contributed by atoms with van der Waals surface area (Å²) >= 11 is 2.57. The standard InChI is InChI=1S/C33H32N4O6S2/c1-4-43-29(38)19-25-20-44-33(35-25)37-30(39)21(2)45-26-16-14-24(15-17-26)34-32(41)27(18-23-12-8-9-13-28(23)42-3)36-31(40)22-10-6-5-7-11-22/h5-18,20-21H,4,19H2,1-3H3,(H,34,41)(H,36,40)(H,35,37,39)/b27-18-. The number of aromatic nitrogens is 1. The molecular weight excluding hydrogens is 613 g/mol. The molecule has 232 valence electrons. The van der Waals surface area contributed by atoms with Gasteiger partial charge in [0.05, 0.1) is 31.1 Å². The van der Waals surface area contributed by atoms with Gasteiger partial charge in [0, 0.05) is 27.1 Å². The summed E-state index contributed by atoms with van der Waals surface area (Å²) in [6.07, 6.45) is 1.60. The SMILES string of the molecule is CCOC(=O)Cc1csc(NC(=O)C(C)Sc2ccc(NC(=O)/C(=C/c3ccccc3OC)NC(=O)c3ccccc3)cc2)n1. The maximum atomic E-state index is 13.4. The molecule has 4 aromatic rings. The number of esters is 1. The van der Waals surface area contributed by atoms with E-state index in [1.165, 1.54) is 30.2 Å². The third kappa shape index (κ3) is 9.78. The van der Waals surface area contributed by atoms with Gasteiger partial charge in [0.25, 0.3) is 11.8 Å². The van der Waals surface area contributed by atoms with Crippen molar-refractivity contribution >= 4 is 63.7 Å². The molecule has 3 amide bonds. The van der Waals surface area contributed by atoms with Crippen LogP contribution in [0, 0.1) is 0 Å². The summed E-state index contributed by atoms with van der Waals surface area (Å²) in [5.74, 6) is -1.02. The van der Waals surface area contributed by atoms with Crippen LogP contribution in [0.3, 0.4) is 0 Å². The summed E-state index contributed by atoms with van der Waals surface area (Å²) in [7, 11) is 1.53. The molecule has 0 spiro atoms. The van der Waals surface area contributed by atoms with E-state index in [2.05, 4.69) is 20.9 Å². The molecule has 1 atom stereocenters. The molecule has 4 rings (SSSR count). The number of thiazole rings is 1. The van der Waals surface area contributed by atoms with Crippen molar-refractivity contribution in [2.75, 3.05) is 24.4 Å². The monoisotopic (exact) mass is 644 g/mol. The Kier molecular flexibility index (Phi) is 11.9. The molecule has 0 aliphatic heterocycles. The number of nitrogens with zero attached hydrogens (tertiary/aromatic N) is 1. The second kappa shape index (κ2) is 16.2. The number of carbonyl (C=O) groups is 4. The van der Waals surface area contributed by atoms with Gasteiger partial charge in [-0.2, -0.15) is 0 Å². The van der Waals surface area contributed by atoms with Crippen molar-refractivity contribution in [3.05, 3.63) is 107 Å². The van der Waals surface area contributed by atoms with Gasteiger partial charge in [-0.3, -0.25) is 19.2 Å². The van der Waals surface area contributed by atoms with Crippen molar-refractivity contribution in [1.82, 2.24) is 10.3 Å². The molecule has 1 unspecified atom stereocenters. The number of methoxy groups -OCH3 is 1. The summed E-state index contributed by atoms with van der Waals surface area (Å²) in [5, 5.41) is 9.99. The number of anilines is 2. The van der Waals surface area contributed by atoms with Crippen LogP contribution in [-0.4, -0.2) is 47.6 Å². The van der Waals surface area contributed by atoms with E-state index in [0.717, 1.165) is 4.90 Å². The second-order valence-electron chi connectivity index (χ2n) is 9.47. The number of hydrogen-bond acceptors (Lipinski definition) is 9. The first-order chi connectivity index (χ1) is 21.7. The van der Waals surface area contributed by atoms with Crippen LogP contribution >= 0.6 is 23.1 Å². The van der Waals surface area contributed by atoms with Crippen molar-refractivity contribution in [3.8, 4) is 5.75 Å². The van der Waals surface area contributed by atoms with Crippen molar-refractivity contribution < 1.29 is 28.7 Å². The summed E-state index contributed by atoms with van der Waals surface area (Å²) in [4.78, 5) is 55.8. The summed E-state index contributed by atoms with van der Waals surface area (Å²) in [6, 6.07) is 22.8. The molecule has 0 saturated carbocycles. The highest BCUT2D eigenvalue weighted by molar-refractivity contribution is 8.00. The van der Waals surface area contributed by atoms with Crippen molar-refractivity contribution in [1.29, 1.82) is 0 Å². The van der Waals surface area contributed by atoms with Crippen LogP contribution in [0.2, 0.25) is 0 Å². The Balaban J connectivity index is 1.39. The average Bonchev–Trinajstić information content (AvgIpc) is 3.48. The maximum Gasteiger partial charge on any atom is 0.311 e. The fourth-order valence-electron chi connectivity index (χ4n) is 3.97. The Morgan fingerprint density at radius 3 is 2.38 bits per heavy atom. The van der Waals surface area contributed by atoms with Gasteiger partial charge in [-0.15, -0.1) is 23.1 Å². The van der Waals surface area contributed by atoms with E-state index in [4.69, 9.17) is 9.47 Å². The topological polar surface area (TPSA) is 136 Å². The molecule has 1 heterocycles. The first kappa shape index (κ1) is 33.0. The molecule has 0 aliphatic carbocycles. The van der Waals surface area contributed by atoms with Crippen molar-refractivity contribution in [2.24, 2.45) is 0 Å². The number of thioether (sulfide) groups is 1. The van der Waals surface area contributed by atoms with Gasteiger partial charge in [0.15, 0.2) is 5.13 Å². The number of rotatable bonds is 13. The van der Waals surface area contributed by atoms with Gasteiger partial charge < -0.3 is 25.4 Å². The van der Waals surface area contributed by atoms with E-state index >= 15 is 0 Å². The second-order valence-corrected chi connectivity index (χ2v) is 11.7. The van der Waals surface area contributed by atoms with E-state index in [1.807, 2.05) is 6.07 Å². The van der Waals surface area contributed by atoms with Gasteiger partial charge in [0.1, 0.15) is 11.4 Å². The van der Waals surface area contributed by atoms with Crippen LogP contribution in [0.1, 0.15) is 35.5 Å². The third-order valence-corrected chi connectivity index (χ3v) is 8.09. The highest BCUT2D eigenvalue weighted by Gasteiger charge is 2.19. The molecule has 0 bridgehead atoms. The molecule has 1 aromatic heterocycles. The zero-order valence-electron chi connectivity index (χ0n) is 24.9. The Morgan fingerprint density at radius 1 is 0.956 bits per heavy atom. The predicted molar refractivity (Wildman–Crippen MR) is 176 cm³/mol. The van der Waals surface area contributed by atoms with Crippen LogP contribution in [0.5, 0.6) is 5.75 Å². The van der Waals surface area contributed by atoms with Gasteiger partial charge in [-0.1, -0.05) is 36.4 Å². The van der Waals surface area contributed by atoms with E-state index in [1.54, 1.807) is 98.1 Å². The maximum absolute atomic E-state index is 13.4. The normalized spacial score (nSPS) is 11.7. The minimum absolute atomic E-state index is 0.0321. The summed E-state index contributed by atoms with van der Waals surface area (Å²) in [5.41, 5.74) is 2.09. The lowest BCUT2D eigenvalue weighted by Gasteiger charge is -2.13. The number of benzene rings is 3. The zero-order valence-corrected chi connectivity index (χ0v) is 26.5. The number of ether oxygens (including phenoxy) is 2. The number of hydrogen-bond donors (Lipinski definition) is 3. The minimum Gasteiger partial charge on any atom is -0.496 e. The highest BCUT2D eigenvalue weighted by atomic mass is 32.2. The molecule has 3 aromatic carbocycles. The van der Waals surface area contributed by atoms with Crippen LogP contribution in [0.15, 0.2) is 94.8 Å². The van der Waals surface area contributed by atoms with Crippen LogP contribution < -0.4 is 20.7 Å². The fraction of sp³-hybridized carbons (Fsp3) is 0.182. The van der Waals surface area contributed by atoms with E-state index in [-0.39, 0.29) is 24.0 Å². The smallest absolute Gasteiger partial charge is 0.311 e. The molecule has 0 radical (unpaired) electrons. The lowest BCUT2D eigenvalue weighted by Crippen LogP contribution is -2.30. The number of para-hydroxylation sites is 1. The molecule has 0 aliphatic rings. The quantitative estimate of drug-likeness (QED) is 0.0946. The van der Waals surface area contributed by atoms with Crippen molar-refractivity contribution in [2.45, 2.75) is 30.4 Å². The third-order valence-electron chi connectivity index (χ3n) is 6.17. The van der Waals surface area contributed by atoms with E-state index < -0.39 is 17.1 Å². The van der Waals surface area contributed by atoms with Crippen molar-refractivity contribution in [3.63, 3.8) is 0 Å². The Bertz CT molecular complexity index is 1670. The molecule has 10 nitrogen and oxygen atoms in total.